The summed E-state index contributed by atoms with van der Waals surface area (Å²) in [5.41, 5.74) is 3.39. The maximum Gasteiger partial charge on any atom is 0.321 e. The number of carbonyl (C=O) groups is 2. The zero-order valence-corrected chi connectivity index (χ0v) is 20.0. The number of aromatic nitrogens is 3. The summed E-state index contributed by atoms with van der Waals surface area (Å²) in [6.45, 7) is 7.14. The van der Waals surface area contributed by atoms with Gasteiger partial charge in [-0.15, -0.1) is 10.2 Å². The van der Waals surface area contributed by atoms with Gasteiger partial charge < -0.3 is 5.32 Å². The second-order valence-electron chi connectivity index (χ2n) is 9.29. The number of nitrogens with one attached hydrogen (secondary N) is 2. The van der Waals surface area contributed by atoms with E-state index in [1.165, 1.54) is 17.3 Å². The summed E-state index contributed by atoms with van der Waals surface area (Å²) in [6, 6.07) is 18.2. The summed E-state index contributed by atoms with van der Waals surface area (Å²) < 4.78 is 2.02. The number of nitrogens with zero attached hydrogens (tertiary/aromatic N) is 3. The van der Waals surface area contributed by atoms with Crippen molar-refractivity contribution in [2.24, 2.45) is 0 Å². The first kappa shape index (κ1) is 23.0. The lowest BCUT2D eigenvalue weighted by Crippen LogP contribution is -2.41. The fraction of sp³-hybridized carbons (Fsp3) is 0.360. The summed E-state index contributed by atoms with van der Waals surface area (Å²) >= 11 is 1.27. The van der Waals surface area contributed by atoms with E-state index in [9.17, 15) is 9.59 Å². The zero-order valence-electron chi connectivity index (χ0n) is 19.2. The molecule has 0 saturated heterocycles. The number of hydrogen-bond acceptors (Lipinski definition) is 5. The molecule has 1 fully saturated rings. The van der Waals surface area contributed by atoms with E-state index in [1.807, 2.05) is 22.8 Å². The molecule has 3 aromatic rings. The molecule has 2 N–H and O–H groups in total. The molecule has 0 radical (unpaired) electrons. The topological polar surface area (TPSA) is 88.9 Å². The van der Waals surface area contributed by atoms with Crippen LogP contribution in [0.3, 0.4) is 0 Å². The highest BCUT2D eigenvalue weighted by atomic mass is 32.2. The van der Waals surface area contributed by atoms with Gasteiger partial charge in [0.25, 0.3) is 0 Å². The fourth-order valence-corrected chi connectivity index (χ4v) is 4.12. The number of carbonyl (C=O) groups excluding carboxylic acids is 2. The molecule has 0 aliphatic heterocycles. The minimum atomic E-state index is -0.437. The molecule has 1 saturated carbocycles. The Morgan fingerprint density at radius 1 is 1.03 bits per heavy atom. The van der Waals surface area contributed by atoms with E-state index in [1.54, 1.807) is 0 Å². The van der Waals surface area contributed by atoms with Gasteiger partial charge in [0.2, 0.25) is 5.91 Å². The van der Waals surface area contributed by atoms with Crippen LogP contribution < -0.4 is 10.6 Å². The lowest BCUT2D eigenvalue weighted by atomic mass is 9.87. The Hall–Kier alpha value is -3.13. The summed E-state index contributed by atoms with van der Waals surface area (Å²) in [4.78, 5) is 24.1. The van der Waals surface area contributed by atoms with Crippen molar-refractivity contribution in [2.45, 2.75) is 56.8 Å². The van der Waals surface area contributed by atoms with Crippen LogP contribution in [0.15, 0.2) is 59.8 Å². The molecule has 8 heteroatoms. The molecular formula is C25H29N5O2S. The van der Waals surface area contributed by atoms with Crippen LogP contribution in [0.25, 0.3) is 11.4 Å². The molecule has 7 nitrogen and oxygen atoms in total. The maximum atomic E-state index is 12.3. The number of urea groups is 1. The molecule has 172 valence electrons. The molecule has 1 aromatic heterocycles. The van der Waals surface area contributed by atoms with Crippen LogP contribution in [0, 0.1) is 0 Å². The number of amides is 3. The van der Waals surface area contributed by atoms with Crippen LogP contribution in [0.2, 0.25) is 0 Å². The van der Waals surface area contributed by atoms with E-state index in [0.717, 1.165) is 29.8 Å². The molecule has 0 unspecified atom stereocenters. The van der Waals surface area contributed by atoms with Crippen molar-refractivity contribution in [3.05, 3.63) is 65.7 Å². The van der Waals surface area contributed by atoms with Gasteiger partial charge in [-0.2, -0.15) is 0 Å². The summed E-state index contributed by atoms with van der Waals surface area (Å²) in [5.74, 6) is 0.464. The van der Waals surface area contributed by atoms with Crippen molar-refractivity contribution in [3.63, 3.8) is 0 Å². The second kappa shape index (κ2) is 9.79. The first-order valence-corrected chi connectivity index (χ1v) is 12.1. The molecule has 1 heterocycles. The van der Waals surface area contributed by atoms with Crippen molar-refractivity contribution in [3.8, 4) is 11.4 Å². The molecule has 0 spiro atoms. The lowest BCUT2D eigenvalue weighted by molar-refractivity contribution is -0.117. The molecule has 0 atom stereocenters. The average Bonchev–Trinajstić information content (AvgIpc) is 3.50. The smallest absolute Gasteiger partial charge is 0.321 e. The molecule has 2 aromatic carbocycles. The molecule has 1 aliphatic rings. The van der Waals surface area contributed by atoms with Crippen LogP contribution in [0.4, 0.5) is 4.79 Å². The normalized spacial score (nSPS) is 13.5. The summed E-state index contributed by atoms with van der Waals surface area (Å²) in [7, 11) is 0. The first-order chi connectivity index (χ1) is 15.8. The van der Waals surface area contributed by atoms with Gasteiger partial charge >= 0.3 is 6.03 Å². The van der Waals surface area contributed by atoms with Gasteiger partial charge in [0.05, 0.1) is 12.3 Å². The number of benzene rings is 2. The van der Waals surface area contributed by atoms with Gasteiger partial charge in [-0.1, -0.05) is 87.1 Å². The highest BCUT2D eigenvalue weighted by Gasteiger charge is 2.24. The summed E-state index contributed by atoms with van der Waals surface area (Å²) in [6.07, 6.45) is 1.94. The van der Waals surface area contributed by atoms with Crippen molar-refractivity contribution < 1.29 is 9.59 Å². The second-order valence-corrected chi connectivity index (χ2v) is 10.2. The van der Waals surface area contributed by atoms with Crippen molar-refractivity contribution in [1.82, 2.24) is 25.4 Å². The average molecular weight is 464 g/mol. The Labute approximate surface area is 198 Å². The molecule has 3 amide bonds. The molecule has 33 heavy (non-hydrogen) atoms. The van der Waals surface area contributed by atoms with Crippen molar-refractivity contribution in [1.29, 1.82) is 0 Å². The van der Waals surface area contributed by atoms with Gasteiger partial charge in [-0.05, 0) is 29.4 Å². The van der Waals surface area contributed by atoms with E-state index in [4.69, 9.17) is 0 Å². The fourth-order valence-electron chi connectivity index (χ4n) is 3.38. The molecular weight excluding hydrogens is 434 g/mol. The van der Waals surface area contributed by atoms with Gasteiger partial charge in [0.1, 0.15) is 0 Å². The predicted molar refractivity (Wildman–Crippen MR) is 130 cm³/mol. The number of thioether (sulfide) groups is 1. The van der Waals surface area contributed by atoms with E-state index in [-0.39, 0.29) is 23.1 Å². The van der Waals surface area contributed by atoms with Gasteiger partial charge in [0.15, 0.2) is 11.0 Å². The van der Waals surface area contributed by atoms with Gasteiger partial charge in [-0.25, -0.2) is 4.79 Å². The van der Waals surface area contributed by atoms with Crippen LogP contribution in [0.1, 0.15) is 44.7 Å². The summed E-state index contributed by atoms with van der Waals surface area (Å²) in [5, 5.41) is 14.6. The van der Waals surface area contributed by atoms with Crippen LogP contribution in [-0.2, 0) is 16.8 Å². The third-order valence-corrected chi connectivity index (χ3v) is 6.37. The largest absolute Gasteiger partial charge is 0.335 e. The van der Waals surface area contributed by atoms with Crippen molar-refractivity contribution in [2.75, 3.05) is 5.75 Å². The van der Waals surface area contributed by atoms with Crippen molar-refractivity contribution >= 4 is 23.7 Å². The Balaban J connectivity index is 1.53. The third kappa shape index (κ3) is 6.22. The SMILES string of the molecule is CC(C)(C)c1ccc(-c2nnc(SCC(=O)NC(=O)NC3CC3)n2Cc2ccccc2)cc1. The standard InChI is InChI=1S/C25H29N5O2S/c1-25(2,3)19-11-9-18(10-12-19)22-28-29-24(30(22)15-17-7-5-4-6-8-17)33-16-21(31)27-23(32)26-20-13-14-20/h4-12,20H,13-16H2,1-3H3,(H2,26,27,31,32). The number of imide groups is 1. The monoisotopic (exact) mass is 463 g/mol. The Morgan fingerprint density at radius 2 is 1.73 bits per heavy atom. The minimum absolute atomic E-state index is 0.0659. The Morgan fingerprint density at radius 3 is 2.36 bits per heavy atom. The van der Waals surface area contributed by atoms with E-state index >= 15 is 0 Å². The predicted octanol–water partition coefficient (Wildman–Crippen LogP) is 4.37. The number of rotatable bonds is 7. The first-order valence-electron chi connectivity index (χ1n) is 11.1. The Bertz CT molecular complexity index is 1120. The molecule has 1 aliphatic carbocycles. The third-order valence-electron chi connectivity index (χ3n) is 5.41. The number of hydrogen-bond donors (Lipinski definition) is 2. The maximum absolute atomic E-state index is 12.3. The quantitative estimate of drug-likeness (QED) is 0.508. The highest BCUT2D eigenvalue weighted by molar-refractivity contribution is 7.99. The Kier molecular flexibility index (Phi) is 6.83. The highest BCUT2D eigenvalue weighted by Crippen LogP contribution is 2.28. The lowest BCUT2D eigenvalue weighted by Gasteiger charge is -2.19. The van der Waals surface area contributed by atoms with Crippen LogP contribution in [-0.4, -0.2) is 38.5 Å². The van der Waals surface area contributed by atoms with E-state index in [2.05, 4.69) is 78.0 Å². The van der Waals surface area contributed by atoms with Crippen LogP contribution >= 0.6 is 11.8 Å². The van der Waals surface area contributed by atoms with Gasteiger partial charge in [0, 0.05) is 11.6 Å². The van der Waals surface area contributed by atoms with E-state index < -0.39 is 6.03 Å². The zero-order chi connectivity index (χ0) is 23.4. The molecule has 0 bridgehead atoms. The van der Waals surface area contributed by atoms with E-state index in [0.29, 0.717) is 11.7 Å². The minimum Gasteiger partial charge on any atom is -0.335 e. The molecule has 4 rings (SSSR count). The van der Waals surface area contributed by atoms with Gasteiger partial charge in [-0.3, -0.25) is 14.7 Å². The van der Waals surface area contributed by atoms with Crippen LogP contribution in [0.5, 0.6) is 0 Å².